The average Bonchev–Trinajstić information content (AvgIpc) is 3.44. The van der Waals surface area contributed by atoms with Crippen molar-refractivity contribution >= 4 is 22.6 Å². The van der Waals surface area contributed by atoms with Crippen molar-refractivity contribution in [2.45, 2.75) is 26.2 Å². The van der Waals surface area contributed by atoms with Crippen LogP contribution in [0.1, 0.15) is 46.9 Å². The molecule has 0 spiro atoms. The minimum Gasteiger partial charge on any atom is -0.478 e. The molecule has 0 saturated carbocycles. The number of hydrogen-bond acceptors (Lipinski definition) is 4. The summed E-state index contributed by atoms with van der Waals surface area (Å²) in [6.45, 7) is 4.50. The van der Waals surface area contributed by atoms with Gasteiger partial charge in [0.25, 0.3) is 0 Å². The number of carboxylic acid groups (broad SMARTS) is 1. The molecule has 5 rings (SSSR count). The number of para-hydroxylation sites is 1. The van der Waals surface area contributed by atoms with Gasteiger partial charge in [-0.3, -0.25) is 0 Å². The highest BCUT2D eigenvalue weighted by Gasteiger charge is 2.27. The van der Waals surface area contributed by atoms with Crippen LogP contribution in [0.3, 0.4) is 0 Å². The Balaban J connectivity index is 1.74. The predicted octanol–water partition coefficient (Wildman–Crippen LogP) is 6.04. The van der Waals surface area contributed by atoms with Crippen LogP contribution < -0.4 is 14.4 Å². The Morgan fingerprint density at radius 1 is 1.03 bits per heavy atom. The fraction of sp³-hybridized carbons (Fsp3) is 0.250. The molecule has 2 N–H and O–H groups in total. The van der Waals surface area contributed by atoms with E-state index in [0.29, 0.717) is 23.5 Å². The van der Waals surface area contributed by atoms with E-state index in [1.807, 2.05) is 55.4 Å². The number of rotatable bonds is 6. The lowest BCUT2D eigenvalue weighted by Gasteiger charge is -2.18. The number of ether oxygens (including phenoxy) is 2. The molecule has 174 valence electrons. The molecule has 0 saturated heterocycles. The monoisotopic (exact) mass is 456 g/mol. The third-order valence-electron chi connectivity index (χ3n) is 6.41. The minimum absolute atomic E-state index is 0.170. The molecule has 2 heterocycles. The smallest absolute Gasteiger partial charge is 0.336 e. The van der Waals surface area contributed by atoms with Gasteiger partial charge >= 0.3 is 5.97 Å². The largest absolute Gasteiger partial charge is 0.478 e. The Morgan fingerprint density at radius 2 is 1.79 bits per heavy atom. The first-order chi connectivity index (χ1) is 16.3. The van der Waals surface area contributed by atoms with Gasteiger partial charge < -0.3 is 24.5 Å². The third kappa shape index (κ3) is 3.65. The average molecular weight is 457 g/mol. The lowest BCUT2D eigenvalue weighted by atomic mass is 9.88. The van der Waals surface area contributed by atoms with Gasteiger partial charge in [-0.15, -0.1) is 0 Å². The number of aromatic amines is 1. The van der Waals surface area contributed by atoms with Crippen LogP contribution in [-0.2, 0) is 6.42 Å². The summed E-state index contributed by atoms with van der Waals surface area (Å²) >= 11 is 0. The number of H-pyrrole nitrogens is 1. The number of benzene rings is 3. The lowest BCUT2D eigenvalue weighted by Crippen LogP contribution is -2.11. The highest BCUT2D eigenvalue weighted by Crippen LogP contribution is 2.48. The van der Waals surface area contributed by atoms with E-state index < -0.39 is 5.97 Å². The second-order valence-electron chi connectivity index (χ2n) is 9.17. The molecule has 0 radical (unpaired) electrons. The molecule has 0 aliphatic carbocycles. The Labute approximate surface area is 198 Å². The zero-order chi connectivity index (χ0) is 24.0. The molecule has 1 aliphatic heterocycles. The molecular formula is C28H28N2O4. The zero-order valence-corrected chi connectivity index (χ0v) is 19.8. The van der Waals surface area contributed by atoms with Crippen LogP contribution in [0, 0.1) is 0 Å². The van der Waals surface area contributed by atoms with E-state index in [-0.39, 0.29) is 12.7 Å². The number of nitrogens with zero attached hydrogens (tertiary/aromatic N) is 1. The van der Waals surface area contributed by atoms with Gasteiger partial charge in [0.1, 0.15) is 0 Å². The van der Waals surface area contributed by atoms with Crippen molar-refractivity contribution in [3.63, 3.8) is 0 Å². The predicted molar refractivity (Wildman–Crippen MR) is 134 cm³/mol. The van der Waals surface area contributed by atoms with Crippen LogP contribution >= 0.6 is 0 Å². The lowest BCUT2D eigenvalue weighted by molar-refractivity contribution is 0.0696. The number of fused-ring (bicyclic) bond motifs is 2. The van der Waals surface area contributed by atoms with Gasteiger partial charge in [-0.25, -0.2) is 4.79 Å². The number of nitrogens with one attached hydrogen (secondary N) is 1. The molecule has 0 unspecified atom stereocenters. The highest BCUT2D eigenvalue weighted by molar-refractivity contribution is 6.01. The number of carboxylic acids is 1. The summed E-state index contributed by atoms with van der Waals surface area (Å²) in [5.74, 6) is 0.740. The quantitative estimate of drug-likeness (QED) is 0.370. The maximum Gasteiger partial charge on any atom is 0.336 e. The Morgan fingerprint density at radius 3 is 2.53 bits per heavy atom. The van der Waals surface area contributed by atoms with Crippen LogP contribution in [0.15, 0.2) is 54.6 Å². The topological polar surface area (TPSA) is 74.8 Å². The minimum atomic E-state index is -0.934. The first-order valence-corrected chi connectivity index (χ1v) is 11.4. The van der Waals surface area contributed by atoms with Crippen molar-refractivity contribution in [2.24, 2.45) is 0 Å². The first-order valence-electron chi connectivity index (χ1n) is 11.4. The van der Waals surface area contributed by atoms with E-state index in [2.05, 4.69) is 31.0 Å². The van der Waals surface area contributed by atoms with Crippen LogP contribution in [0.2, 0.25) is 0 Å². The van der Waals surface area contributed by atoms with Crippen molar-refractivity contribution in [1.29, 1.82) is 0 Å². The molecule has 1 aromatic heterocycles. The first kappa shape index (κ1) is 21.9. The number of carbonyl (C=O) groups is 1. The van der Waals surface area contributed by atoms with Crippen molar-refractivity contribution in [3.05, 3.63) is 77.0 Å². The number of hydrogen-bond donors (Lipinski definition) is 2. The molecule has 6 nitrogen and oxygen atoms in total. The van der Waals surface area contributed by atoms with Crippen LogP contribution in [0.25, 0.3) is 22.0 Å². The van der Waals surface area contributed by atoms with Crippen molar-refractivity contribution in [3.8, 4) is 22.6 Å². The molecular weight excluding hydrogens is 428 g/mol. The summed E-state index contributed by atoms with van der Waals surface area (Å²) in [5.41, 5.74) is 7.13. The van der Waals surface area contributed by atoms with Crippen molar-refractivity contribution in [1.82, 2.24) is 4.98 Å². The van der Waals surface area contributed by atoms with E-state index >= 15 is 0 Å². The number of aromatic carboxylic acids is 1. The number of anilines is 1. The SMILES string of the molecule is CC(C)c1[nH]c2ccccc2c1-c1c(Cc2ccc(N(C)C)cc2C(=O)O)ccc2c1OCO2. The molecule has 3 aromatic carbocycles. The summed E-state index contributed by atoms with van der Waals surface area (Å²) in [4.78, 5) is 17.6. The third-order valence-corrected chi connectivity index (χ3v) is 6.41. The fourth-order valence-corrected chi connectivity index (χ4v) is 4.70. The molecule has 0 atom stereocenters. The molecule has 0 amide bonds. The highest BCUT2D eigenvalue weighted by atomic mass is 16.7. The van der Waals surface area contributed by atoms with E-state index in [1.54, 1.807) is 6.07 Å². The van der Waals surface area contributed by atoms with Crippen LogP contribution in [0.5, 0.6) is 11.5 Å². The van der Waals surface area contributed by atoms with Crippen molar-refractivity contribution in [2.75, 3.05) is 25.8 Å². The Kier molecular flexibility index (Phi) is 5.44. The standard InChI is InChI=1S/C28H28N2O4/c1-16(2)26-25(20-7-5-6-8-22(20)29-26)24-18(10-12-23-27(24)34-15-33-23)13-17-9-11-19(30(3)4)14-21(17)28(31)32/h5-12,14,16,29H,13,15H2,1-4H3,(H,31,32). The van der Waals surface area contributed by atoms with Gasteiger partial charge in [0.15, 0.2) is 11.5 Å². The molecule has 6 heteroatoms. The molecule has 0 fully saturated rings. The molecule has 4 aromatic rings. The summed E-state index contributed by atoms with van der Waals surface area (Å²) in [7, 11) is 3.81. The van der Waals surface area contributed by atoms with E-state index in [1.165, 1.54) is 0 Å². The van der Waals surface area contributed by atoms with E-state index in [0.717, 1.165) is 44.5 Å². The van der Waals surface area contributed by atoms with E-state index in [4.69, 9.17) is 9.47 Å². The zero-order valence-electron chi connectivity index (χ0n) is 19.8. The van der Waals surface area contributed by atoms with Crippen molar-refractivity contribution < 1.29 is 19.4 Å². The fourth-order valence-electron chi connectivity index (χ4n) is 4.70. The Bertz CT molecular complexity index is 1400. The maximum atomic E-state index is 12.1. The summed E-state index contributed by atoms with van der Waals surface area (Å²) in [6.07, 6.45) is 0.457. The van der Waals surface area contributed by atoms with Gasteiger partial charge in [-0.2, -0.15) is 0 Å². The molecule has 1 aliphatic rings. The molecule has 34 heavy (non-hydrogen) atoms. The van der Waals surface area contributed by atoms with Gasteiger partial charge in [0.05, 0.1) is 5.56 Å². The normalized spacial score (nSPS) is 12.5. The second kappa shape index (κ2) is 8.45. The summed E-state index contributed by atoms with van der Waals surface area (Å²) in [5, 5.41) is 11.1. The van der Waals surface area contributed by atoms with E-state index in [9.17, 15) is 9.90 Å². The molecule has 0 bridgehead atoms. The summed E-state index contributed by atoms with van der Waals surface area (Å²) < 4.78 is 11.7. The van der Waals surface area contributed by atoms with Gasteiger partial charge in [-0.05, 0) is 47.7 Å². The Hall–Kier alpha value is -3.93. The second-order valence-corrected chi connectivity index (χ2v) is 9.17. The van der Waals surface area contributed by atoms with Crippen LogP contribution in [-0.4, -0.2) is 36.9 Å². The van der Waals surface area contributed by atoms with Gasteiger partial charge in [0.2, 0.25) is 6.79 Å². The van der Waals surface area contributed by atoms with Gasteiger partial charge in [-0.1, -0.05) is 44.2 Å². The number of aromatic nitrogens is 1. The van der Waals surface area contributed by atoms with Crippen LogP contribution in [0.4, 0.5) is 5.69 Å². The summed E-state index contributed by atoms with van der Waals surface area (Å²) in [6, 6.07) is 17.8. The maximum absolute atomic E-state index is 12.1. The van der Waals surface area contributed by atoms with Gasteiger partial charge in [0, 0.05) is 47.5 Å².